The smallest absolute Gasteiger partial charge is 0.233 e. The monoisotopic (exact) mass is 348 g/mol. The summed E-state index contributed by atoms with van der Waals surface area (Å²) in [5.74, 6) is 0.835. The summed E-state index contributed by atoms with van der Waals surface area (Å²) < 4.78 is 5.55. The summed E-state index contributed by atoms with van der Waals surface area (Å²) in [4.78, 5) is 22.9. The molecule has 1 N–H and O–H groups in total. The van der Waals surface area contributed by atoms with Crippen LogP contribution in [0.25, 0.3) is 0 Å². The van der Waals surface area contributed by atoms with E-state index < -0.39 is 0 Å². The molecule has 7 heteroatoms. The van der Waals surface area contributed by atoms with Gasteiger partial charge in [-0.05, 0) is 38.2 Å². The summed E-state index contributed by atoms with van der Waals surface area (Å²) in [5.41, 5.74) is 0. The third-order valence-corrected chi connectivity index (χ3v) is 4.78. The molecule has 0 aliphatic rings. The lowest BCUT2D eigenvalue weighted by Crippen LogP contribution is -2.40. The van der Waals surface area contributed by atoms with E-state index in [1.165, 1.54) is 11.8 Å². The van der Waals surface area contributed by atoms with Crippen molar-refractivity contribution >= 4 is 17.7 Å². The van der Waals surface area contributed by atoms with Gasteiger partial charge in [-0.25, -0.2) is 9.97 Å². The highest BCUT2D eigenvalue weighted by molar-refractivity contribution is 8.00. The minimum Gasteiger partial charge on any atom is -0.468 e. The van der Waals surface area contributed by atoms with Crippen LogP contribution in [0.1, 0.15) is 32.6 Å². The number of aromatic nitrogens is 2. The third-order valence-electron chi connectivity index (χ3n) is 3.79. The molecule has 1 amide bonds. The molecule has 24 heavy (non-hydrogen) atoms. The van der Waals surface area contributed by atoms with Gasteiger partial charge in [0.25, 0.3) is 0 Å². The van der Waals surface area contributed by atoms with Crippen molar-refractivity contribution in [1.82, 2.24) is 20.2 Å². The lowest BCUT2D eigenvalue weighted by molar-refractivity contribution is -0.120. The Kier molecular flexibility index (Phi) is 7.27. The van der Waals surface area contributed by atoms with E-state index in [9.17, 15) is 4.79 Å². The van der Waals surface area contributed by atoms with Crippen LogP contribution in [-0.2, 0) is 4.79 Å². The first-order valence-electron chi connectivity index (χ1n) is 8.14. The summed E-state index contributed by atoms with van der Waals surface area (Å²) >= 11 is 1.35. The Morgan fingerprint density at radius 3 is 2.58 bits per heavy atom. The van der Waals surface area contributed by atoms with Crippen molar-refractivity contribution in [3.63, 3.8) is 0 Å². The molecule has 2 atom stereocenters. The zero-order valence-corrected chi connectivity index (χ0v) is 15.1. The van der Waals surface area contributed by atoms with Crippen LogP contribution in [0.2, 0.25) is 0 Å². The van der Waals surface area contributed by atoms with Crippen molar-refractivity contribution in [3.8, 4) is 0 Å². The van der Waals surface area contributed by atoms with Gasteiger partial charge >= 0.3 is 0 Å². The van der Waals surface area contributed by atoms with Crippen molar-refractivity contribution in [1.29, 1.82) is 0 Å². The van der Waals surface area contributed by atoms with Crippen molar-refractivity contribution in [3.05, 3.63) is 42.6 Å². The number of likely N-dealkylation sites (N-methyl/N-ethyl adjacent to an activating group) is 1. The van der Waals surface area contributed by atoms with Crippen molar-refractivity contribution in [2.24, 2.45) is 0 Å². The number of nitrogens with one attached hydrogen (secondary N) is 1. The Labute approximate surface area is 147 Å². The number of amides is 1. The third kappa shape index (κ3) is 5.07. The average Bonchev–Trinajstić information content (AvgIpc) is 3.13. The molecule has 6 nitrogen and oxygen atoms in total. The van der Waals surface area contributed by atoms with Gasteiger partial charge in [0.2, 0.25) is 5.91 Å². The van der Waals surface area contributed by atoms with Crippen LogP contribution in [0.4, 0.5) is 0 Å². The Hall–Kier alpha value is -1.86. The number of carbonyl (C=O) groups excluding carboxylic acids is 1. The summed E-state index contributed by atoms with van der Waals surface area (Å²) in [6.45, 7) is 8.35. The van der Waals surface area contributed by atoms with Crippen LogP contribution in [0.3, 0.4) is 0 Å². The maximum absolute atomic E-state index is 12.4. The summed E-state index contributed by atoms with van der Waals surface area (Å²) in [7, 11) is 0. The molecule has 0 spiro atoms. The van der Waals surface area contributed by atoms with Crippen LogP contribution < -0.4 is 5.32 Å². The van der Waals surface area contributed by atoms with Gasteiger partial charge in [-0.3, -0.25) is 9.69 Å². The quantitative estimate of drug-likeness (QED) is 0.555. The summed E-state index contributed by atoms with van der Waals surface area (Å²) in [5, 5.41) is 3.36. The largest absolute Gasteiger partial charge is 0.468 e. The molecular weight excluding hydrogens is 324 g/mol. The first-order valence-corrected chi connectivity index (χ1v) is 9.02. The zero-order chi connectivity index (χ0) is 17.4. The molecule has 130 valence electrons. The summed E-state index contributed by atoms with van der Waals surface area (Å²) in [6, 6.07) is 5.61. The van der Waals surface area contributed by atoms with Crippen molar-refractivity contribution in [2.75, 3.05) is 19.6 Å². The van der Waals surface area contributed by atoms with Gasteiger partial charge in [-0.2, -0.15) is 0 Å². The Bertz CT molecular complexity index is 602. The minimum atomic E-state index is -0.263. The van der Waals surface area contributed by atoms with E-state index >= 15 is 0 Å². The van der Waals surface area contributed by atoms with E-state index in [-0.39, 0.29) is 17.2 Å². The predicted octanol–water partition coefficient (Wildman–Crippen LogP) is 2.75. The molecule has 0 radical (unpaired) electrons. The van der Waals surface area contributed by atoms with Gasteiger partial charge < -0.3 is 9.73 Å². The molecule has 2 rings (SSSR count). The molecular formula is C17H24N4O2S. The second-order valence-corrected chi connectivity index (χ2v) is 6.60. The number of hydrogen-bond acceptors (Lipinski definition) is 6. The van der Waals surface area contributed by atoms with Gasteiger partial charge in [-0.1, -0.05) is 25.6 Å². The topological polar surface area (TPSA) is 71.3 Å². The van der Waals surface area contributed by atoms with Crippen molar-refractivity contribution < 1.29 is 9.21 Å². The molecule has 0 unspecified atom stereocenters. The molecule has 0 aromatic carbocycles. The second-order valence-electron chi connectivity index (χ2n) is 5.29. The average molecular weight is 348 g/mol. The van der Waals surface area contributed by atoms with Gasteiger partial charge in [0, 0.05) is 18.9 Å². The first-order chi connectivity index (χ1) is 11.7. The molecule has 2 heterocycles. The maximum Gasteiger partial charge on any atom is 0.233 e. The number of rotatable bonds is 9. The van der Waals surface area contributed by atoms with Crippen LogP contribution >= 0.6 is 11.8 Å². The fourth-order valence-corrected chi connectivity index (χ4v) is 3.20. The normalized spacial score (nSPS) is 13.7. The number of thioether (sulfide) groups is 1. The maximum atomic E-state index is 12.4. The highest BCUT2D eigenvalue weighted by Crippen LogP contribution is 2.21. The SMILES string of the molecule is CCN(CC)[C@H](CNC(=O)[C@@H](C)Sc1ncccn1)c1ccco1. The number of nitrogens with zero attached hydrogens (tertiary/aromatic N) is 3. The van der Waals surface area contributed by atoms with E-state index in [4.69, 9.17) is 4.42 Å². The first kappa shape index (κ1) is 18.5. The van der Waals surface area contributed by atoms with E-state index in [0.29, 0.717) is 11.7 Å². The second kappa shape index (κ2) is 9.44. The van der Waals surface area contributed by atoms with E-state index in [1.807, 2.05) is 19.1 Å². The van der Waals surface area contributed by atoms with E-state index in [2.05, 4.69) is 34.0 Å². The molecule has 0 fully saturated rings. The fourth-order valence-electron chi connectivity index (χ4n) is 2.45. The molecule has 0 saturated carbocycles. The van der Waals surface area contributed by atoms with Crippen LogP contribution in [0.15, 0.2) is 46.4 Å². The van der Waals surface area contributed by atoms with Gasteiger partial charge in [0.15, 0.2) is 5.16 Å². The van der Waals surface area contributed by atoms with E-state index in [1.54, 1.807) is 24.7 Å². The fraction of sp³-hybridized carbons (Fsp3) is 0.471. The molecule has 0 aliphatic carbocycles. The lowest BCUT2D eigenvalue weighted by Gasteiger charge is -2.28. The Morgan fingerprint density at radius 1 is 1.29 bits per heavy atom. The highest BCUT2D eigenvalue weighted by Gasteiger charge is 2.23. The number of furan rings is 1. The van der Waals surface area contributed by atoms with Crippen molar-refractivity contribution in [2.45, 2.75) is 37.2 Å². The van der Waals surface area contributed by atoms with Gasteiger partial charge in [0.05, 0.1) is 17.6 Å². The van der Waals surface area contributed by atoms with Gasteiger partial charge in [-0.15, -0.1) is 0 Å². The van der Waals surface area contributed by atoms with Crippen LogP contribution in [-0.4, -0.2) is 45.7 Å². The number of carbonyl (C=O) groups is 1. The van der Waals surface area contributed by atoms with Crippen LogP contribution in [0.5, 0.6) is 0 Å². The molecule has 2 aromatic heterocycles. The van der Waals surface area contributed by atoms with Gasteiger partial charge in [0.1, 0.15) is 5.76 Å². The molecule has 0 saturated heterocycles. The minimum absolute atomic E-state index is 0.0313. The number of hydrogen-bond donors (Lipinski definition) is 1. The highest BCUT2D eigenvalue weighted by atomic mass is 32.2. The lowest BCUT2D eigenvalue weighted by atomic mass is 10.2. The Morgan fingerprint density at radius 2 is 2.00 bits per heavy atom. The molecule has 0 aliphatic heterocycles. The Balaban J connectivity index is 1.94. The zero-order valence-electron chi connectivity index (χ0n) is 14.3. The predicted molar refractivity (Wildman–Crippen MR) is 94.7 cm³/mol. The standard InChI is InChI=1S/C17H24N4O2S/c1-4-21(5-2)14(15-8-6-11-23-15)12-20-16(22)13(3)24-17-18-9-7-10-19-17/h6-11,13-14H,4-5,12H2,1-3H3,(H,20,22)/t13-,14-/m1/s1. The molecule has 2 aromatic rings. The summed E-state index contributed by atoms with van der Waals surface area (Å²) in [6.07, 6.45) is 5.01. The van der Waals surface area contributed by atoms with Crippen LogP contribution in [0, 0.1) is 0 Å². The van der Waals surface area contributed by atoms with E-state index in [0.717, 1.165) is 18.8 Å². The molecule has 0 bridgehead atoms.